The molecule has 1 saturated heterocycles. The zero-order chi connectivity index (χ0) is 19.2. The third kappa shape index (κ3) is 5.57. The molecule has 3 heterocycles. The van der Waals surface area contributed by atoms with Gasteiger partial charge in [-0.2, -0.15) is 0 Å². The molecule has 9 heteroatoms. The summed E-state index contributed by atoms with van der Waals surface area (Å²) in [6.45, 7) is 4.55. The van der Waals surface area contributed by atoms with E-state index in [4.69, 9.17) is 14.9 Å². The summed E-state index contributed by atoms with van der Waals surface area (Å²) in [6, 6.07) is 5.08. The van der Waals surface area contributed by atoms with Crippen LogP contribution >= 0.6 is 23.7 Å². The Morgan fingerprint density at radius 1 is 1.39 bits per heavy atom. The highest BCUT2D eigenvalue weighted by Gasteiger charge is 2.26. The van der Waals surface area contributed by atoms with Crippen LogP contribution in [0.2, 0.25) is 0 Å². The minimum absolute atomic E-state index is 0. The number of anilines is 1. The van der Waals surface area contributed by atoms with E-state index in [1.165, 1.54) is 17.6 Å². The van der Waals surface area contributed by atoms with Gasteiger partial charge in [0, 0.05) is 19.7 Å². The monoisotopic (exact) mass is 427 g/mol. The summed E-state index contributed by atoms with van der Waals surface area (Å²) in [5.74, 6) is -0.0715. The van der Waals surface area contributed by atoms with Crippen LogP contribution in [0.3, 0.4) is 0 Å². The maximum atomic E-state index is 12.9. The average Bonchev–Trinajstić information content (AvgIpc) is 3.32. The van der Waals surface area contributed by atoms with Gasteiger partial charge in [0.1, 0.15) is 0 Å². The molecule has 3 rings (SSSR count). The molecule has 0 spiro atoms. The Morgan fingerprint density at radius 2 is 2.14 bits per heavy atom. The summed E-state index contributed by atoms with van der Waals surface area (Å²) < 4.78 is 10.9. The predicted molar refractivity (Wildman–Crippen MR) is 112 cm³/mol. The van der Waals surface area contributed by atoms with Crippen molar-refractivity contribution in [2.75, 3.05) is 31.6 Å². The van der Waals surface area contributed by atoms with Crippen LogP contribution in [-0.4, -0.2) is 49.1 Å². The van der Waals surface area contributed by atoms with Crippen molar-refractivity contribution in [2.24, 2.45) is 5.73 Å². The molecule has 0 aliphatic carbocycles. The largest absolute Gasteiger partial charge is 0.459 e. The fourth-order valence-corrected chi connectivity index (χ4v) is 4.08. The smallest absolute Gasteiger partial charge is 0.291 e. The molecule has 154 valence electrons. The number of carbonyl (C=O) groups excluding carboxylic acids is 2. The quantitative estimate of drug-likeness (QED) is 0.660. The van der Waals surface area contributed by atoms with Crippen LogP contribution in [0.1, 0.15) is 45.1 Å². The van der Waals surface area contributed by atoms with E-state index < -0.39 is 0 Å². The Balaban J connectivity index is 0.00000280. The van der Waals surface area contributed by atoms with Crippen LogP contribution in [0.15, 0.2) is 28.9 Å². The maximum Gasteiger partial charge on any atom is 0.291 e. The van der Waals surface area contributed by atoms with Crippen LogP contribution in [0, 0.1) is 6.92 Å². The van der Waals surface area contributed by atoms with Gasteiger partial charge in [-0.05, 0) is 56.5 Å². The Bertz CT molecular complexity index is 770. The summed E-state index contributed by atoms with van der Waals surface area (Å²) >= 11 is 1.29. The Kier molecular flexibility index (Phi) is 8.50. The predicted octanol–water partition coefficient (Wildman–Crippen LogP) is 3.29. The summed E-state index contributed by atoms with van der Waals surface area (Å²) in [5, 5.41) is 3.42. The van der Waals surface area contributed by atoms with Crippen molar-refractivity contribution in [3.63, 3.8) is 0 Å². The number of carbonyl (C=O) groups is 2. The van der Waals surface area contributed by atoms with E-state index in [0.29, 0.717) is 36.1 Å². The molecule has 0 saturated carbocycles. The Morgan fingerprint density at radius 3 is 2.79 bits per heavy atom. The molecule has 1 aliphatic rings. The standard InChI is InChI=1S/C19H25N3O4S.ClH/c1-13-12-16(21-18(23)15-4-2-10-26-15)27-17(13)19(24)22-8-5-14(6-9-22)25-11-3-7-20;/h2,4,10,12,14H,3,5-9,11,20H2,1H3,(H,21,23);1H. The van der Waals surface area contributed by atoms with E-state index in [1.54, 1.807) is 12.1 Å². The van der Waals surface area contributed by atoms with Gasteiger partial charge in [0.2, 0.25) is 0 Å². The number of rotatable bonds is 7. The van der Waals surface area contributed by atoms with E-state index in [2.05, 4.69) is 5.32 Å². The lowest BCUT2D eigenvalue weighted by atomic mass is 10.1. The number of likely N-dealkylation sites (tertiary alicyclic amines) is 1. The molecule has 28 heavy (non-hydrogen) atoms. The third-order valence-electron chi connectivity index (χ3n) is 4.52. The van der Waals surface area contributed by atoms with Gasteiger partial charge >= 0.3 is 0 Å². The first-order chi connectivity index (χ1) is 13.1. The molecule has 0 radical (unpaired) electrons. The van der Waals surface area contributed by atoms with Crippen molar-refractivity contribution in [1.82, 2.24) is 4.90 Å². The number of thiophene rings is 1. The number of halogens is 1. The summed E-state index contributed by atoms with van der Waals surface area (Å²) in [7, 11) is 0. The number of hydrogen-bond donors (Lipinski definition) is 2. The molecule has 0 atom stereocenters. The highest BCUT2D eigenvalue weighted by Crippen LogP contribution is 2.29. The second kappa shape index (κ2) is 10.6. The molecule has 3 N–H and O–H groups in total. The lowest BCUT2D eigenvalue weighted by molar-refractivity contribution is 0.00856. The van der Waals surface area contributed by atoms with Crippen LogP contribution in [-0.2, 0) is 4.74 Å². The molecule has 7 nitrogen and oxygen atoms in total. The average molecular weight is 428 g/mol. The molecule has 1 aliphatic heterocycles. The summed E-state index contributed by atoms with van der Waals surface area (Å²) in [6.07, 6.45) is 4.19. The molecule has 2 aromatic rings. The van der Waals surface area contributed by atoms with Gasteiger partial charge in [-0.3, -0.25) is 9.59 Å². The van der Waals surface area contributed by atoms with Gasteiger partial charge in [0.25, 0.3) is 11.8 Å². The molecule has 0 unspecified atom stereocenters. The topological polar surface area (TPSA) is 97.8 Å². The van der Waals surface area contributed by atoms with Gasteiger partial charge in [-0.1, -0.05) is 0 Å². The van der Waals surface area contributed by atoms with Crippen molar-refractivity contribution < 1.29 is 18.7 Å². The second-order valence-electron chi connectivity index (χ2n) is 6.56. The molecular formula is C19H26ClN3O4S. The minimum atomic E-state index is -0.323. The SMILES string of the molecule is Cc1cc(NC(=O)c2ccco2)sc1C(=O)N1CCC(OCCCN)CC1.Cl. The first kappa shape index (κ1) is 22.4. The van der Waals surface area contributed by atoms with Crippen molar-refractivity contribution >= 4 is 40.6 Å². The Hall–Kier alpha value is -1.87. The van der Waals surface area contributed by atoms with Crippen molar-refractivity contribution in [2.45, 2.75) is 32.3 Å². The third-order valence-corrected chi connectivity index (χ3v) is 5.67. The number of ether oxygens (including phenoxy) is 1. The number of amides is 2. The zero-order valence-corrected chi connectivity index (χ0v) is 17.4. The van der Waals surface area contributed by atoms with Gasteiger partial charge < -0.3 is 25.1 Å². The van der Waals surface area contributed by atoms with Gasteiger partial charge in [-0.25, -0.2) is 0 Å². The lowest BCUT2D eigenvalue weighted by Crippen LogP contribution is -2.41. The lowest BCUT2D eigenvalue weighted by Gasteiger charge is -2.31. The first-order valence-corrected chi connectivity index (χ1v) is 9.96. The molecule has 0 aromatic carbocycles. The number of nitrogens with two attached hydrogens (primary N) is 1. The molecule has 2 aromatic heterocycles. The van der Waals surface area contributed by atoms with Crippen LogP contribution in [0.25, 0.3) is 0 Å². The van der Waals surface area contributed by atoms with Crippen molar-refractivity contribution in [1.29, 1.82) is 0 Å². The van der Waals surface area contributed by atoms with E-state index in [1.807, 2.05) is 17.9 Å². The number of furan rings is 1. The van der Waals surface area contributed by atoms with E-state index in [-0.39, 0.29) is 36.1 Å². The Labute approximate surface area is 174 Å². The maximum absolute atomic E-state index is 12.9. The highest BCUT2D eigenvalue weighted by atomic mass is 35.5. The molecule has 1 fully saturated rings. The van der Waals surface area contributed by atoms with Gasteiger partial charge in [-0.15, -0.1) is 23.7 Å². The number of piperidine rings is 1. The number of nitrogens with zero attached hydrogens (tertiary/aromatic N) is 1. The molecular weight excluding hydrogens is 402 g/mol. The fraction of sp³-hybridized carbons (Fsp3) is 0.474. The van der Waals surface area contributed by atoms with Gasteiger partial charge in [0.05, 0.1) is 22.2 Å². The minimum Gasteiger partial charge on any atom is -0.459 e. The summed E-state index contributed by atoms with van der Waals surface area (Å²) in [4.78, 5) is 27.5. The van der Waals surface area contributed by atoms with Crippen LogP contribution in [0.4, 0.5) is 5.00 Å². The molecule has 2 amide bonds. The highest BCUT2D eigenvalue weighted by molar-refractivity contribution is 7.18. The second-order valence-corrected chi connectivity index (χ2v) is 7.61. The zero-order valence-electron chi connectivity index (χ0n) is 15.8. The number of hydrogen-bond acceptors (Lipinski definition) is 6. The van der Waals surface area contributed by atoms with E-state index in [9.17, 15) is 9.59 Å². The molecule has 0 bridgehead atoms. The van der Waals surface area contributed by atoms with Crippen LogP contribution < -0.4 is 11.1 Å². The van der Waals surface area contributed by atoms with Gasteiger partial charge in [0.15, 0.2) is 5.76 Å². The van der Waals surface area contributed by atoms with Crippen molar-refractivity contribution in [3.8, 4) is 0 Å². The van der Waals surface area contributed by atoms with E-state index >= 15 is 0 Å². The number of aryl methyl sites for hydroxylation is 1. The van der Waals surface area contributed by atoms with E-state index in [0.717, 1.165) is 24.8 Å². The fourth-order valence-electron chi connectivity index (χ4n) is 3.04. The van der Waals surface area contributed by atoms with Crippen molar-refractivity contribution in [3.05, 3.63) is 40.7 Å². The normalized spacial score (nSPS) is 14.6. The number of nitrogens with one attached hydrogen (secondary N) is 1. The first-order valence-electron chi connectivity index (χ1n) is 9.14. The summed E-state index contributed by atoms with van der Waals surface area (Å²) in [5.41, 5.74) is 6.34. The van der Waals surface area contributed by atoms with Crippen LogP contribution in [0.5, 0.6) is 0 Å².